The van der Waals surface area contributed by atoms with Crippen LogP contribution in [0.3, 0.4) is 0 Å². The molecule has 6 nitrogen and oxygen atoms in total. The zero-order valence-corrected chi connectivity index (χ0v) is 11.5. The van der Waals surface area contributed by atoms with E-state index >= 15 is 0 Å². The molecule has 0 saturated carbocycles. The van der Waals surface area contributed by atoms with Gasteiger partial charge in [0, 0.05) is 17.8 Å². The zero-order valence-electron chi connectivity index (χ0n) is 11.5. The Morgan fingerprint density at radius 3 is 2.16 bits per heavy atom. The lowest BCUT2D eigenvalue weighted by Gasteiger charge is -2.32. The normalized spacial score (nSPS) is 20.5. The Morgan fingerprint density at radius 2 is 1.68 bits per heavy atom. The number of nitrogen functional groups attached to an aromatic ring is 1. The summed E-state index contributed by atoms with van der Waals surface area (Å²) >= 11 is 0. The Labute approximate surface area is 112 Å². The standard InChI is InChI=1S/C12H17BN2O4/c1-11(2)12(3,4)19-13(18-11)8-5-9(14)7-10(6-8)15(16)17/h5-7H,14H2,1-4H3. The summed E-state index contributed by atoms with van der Waals surface area (Å²) in [5, 5.41) is 10.8. The second-order valence-electron chi connectivity index (χ2n) is 5.70. The van der Waals surface area contributed by atoms with Gasteiger partial charge in [-0.25, -0.2) is 0 Å². The van der Waals surface area contributed by atoms with Crippen LogP contribution in [0.25, 0.3) is 0 Å². The van der Waals surface area contributed by atoms with Crippen molar-refractivity contribution in [1.82, 2.24) is 0 Å². The number of hydrogen-bond acceptors (Lipinski definition) is 5. The fourth-order valence-electron chi connectivity index (χ4n) is 1.88. The van der Waals surface area contributed by atoms with Crippen molar-refractivity contribution >= 4 is 24.0 Å². The van der Waals surface area contributed by atoms with E-state index in [0.717, 1.165) is 0 Å². The van der Waals surface area contributed by atoms with Gasteiger partial charge < -0.3 is 15.0 Å². The predicted molar refractivity (Wildman–Crippen MR) is 73.2 cm³/mol. The van der Waals surface area contributed by atoms with Crippen LogP contribution < -0.4 is 11.2 Å². The summed E-state index contributed by atoms with van der Waals surface area (Å²) < 4.78 is 11.7. The molecule has 2 N–H and O–H groups in total. The first kappa shape index (κ1) is 13.8. The van der Waals surface area contributed by atoms with Gasteiger partial charge in [0.2, 0.25) is 0 Å². The summed E-state index contributed by atoms with van der Waals surface area (Å²) in [6.45, 7) is 7.70. The monoisotopic (exact) mass is 264 g/mol. The van der Waals surface area contributed by atoms with Crippen molar-refractivity contribution in [2.24, 2.45) is 0 Å². The topological polar surface area (TPSA) is 87.6 Å². The molecular formula is C12H17BN2O4. The molecule has 1 aliphatic rings. The molecule has 7 heteroatoms. The number of nitro groups is 1. The summed E-state index contributed by atoms with van der Waals surface area (Å²) in [6.07, 6.45) is 0. The van der Waals surface area contributed by atoms with E-state index in [1.807, 2.05) is 27.7 Å². The van der Waals surface area contributed by atoms with E-state index in [-0.39, 0.29) is 5.69 Å². The Bertz CT molecular complexity index is 514. The minimum Gasteiger partial charge on any atom is -0.399 e. The van der Waals surface area contributed by atoms with Crippen molar-refractivity contribution in [1.29, 1.82) is 0 Å². The SMILES string of the molecule is CC1(C)OB(c2cc(N)cc([N+](=O)[O-])c2)OC1(C)C. The molecule has 1 aromatic rings. The van der Waals surface area contributed by atoms with E-state index in [1.54, 1.807) is 6.07 Å². The highest BCUT2D eigenvalue weighted by Crippen LogP contribution is 2.36. The summed E-state index contributed by atoms with van der Waals surface area (Å²) in [6, 6.07) is 4.38. The lowest BCUT2D eigenvalue weighted by molar-refractivity contribution is -0.384. The van der Waals surface area contributed by atoms with Crippen molar-refractivity contribution in [3.05, 3.63) is 28.3 Å². The smallest absolute Gasteiger partial charge is 0.399 e. The van der Waals surface area contributed by atoms with E-state index in [1.165, 1.54) is 12.1 Å². The van der Waals surface area contributed by atoms with E-state index in [9.17, 15) is 10.1 Å². The van der Waals surface area contributed by atoms with E-state index in [4.69, 9.17) is 15.0 Å². The Hall–Kier alpha value is -1.60. The molecule has 0 unspecified atom stereocenters. The number of nitrogens with two attached hydrogens (primary N) is 1. The van der Waals surface area contributed by atoms with E-state index in [2.05, 4.69) is 0 Å². The highest BCUT2D eigenvalue weighted by Gasteiger charge is 2.51. The number of non-ortho nitro benzene ring substituents is 1. The second-order valence-corrected chi connectivity index (χ2v) is 5.70. The van der Waals surface area contributed by atoms with Gasteiger partial charge in [0.15, 0.2) is 0 Å². The van der Waals surface area contributed by atoms with Crippen LogP contribution in [0, 0.1) is 10.1 Å². The molecule has 1 aromatic carbocycles. The summed E-state index contributed by atoms with van der Waals surface area (Å²) in [4.78, 5) is 10.4. The summed E-state index contributed by atoms with van der Waals surface area (Å²) in [5.74, 6) is 0. The van der Waals surface area contributed by atoms with Crippen LogP contribution in [0.4, 0.5) is 11.4 Å². The Kier molecular flexibility index (Phi) is 3.06. The molecule has 0 aliphatic carbocycles. The molecule has 19 heavy (non-hydrogen) atoms. The fraction of sp³-hybridized carbons (Fsp3) is 0.500. The van der Waals surface area contributed by atoms with Gasteiger partial charge in [0.25, 0.3) is 5.69 Å². The zero-order chi connectivity index (χ0) is 14.4. The molecule has 1 fully saturated rings. The van der Waals surface area contributed by atoms with Crippen LogP contribution in [0.15, 0.2) is 18.2 Å². The molecular weight excluding hydrogens is 247 g/mol. The van der Waals surface area contributed by atoms with Crippen molar-refractivity contribution in [2.45, 2.75) is 38.9 Å². The molecule has 2 rings (SSSR count). The van der Waals surface area contributed by atoms with Gasteiger partial charge in [-0.3, -0.25) is 10.1 Å². The predicted octanol–water partition coefficient (Wildman–Crippen LogP) is 1.48. The number of anilines is 1. The molecule has 1 saturated heterocycles. The number of rotatable bonds is 2. The van der Waals surface area contributed by atoms with Crippen molar-refractivity contribution in [3.63, 3.8) is 0 Å². The van der Waals surface area contributed by atoms with Gasteiger partial charge >= 0.3 is 7.12 Å². The third-order valence-electron chi connectivity index (χ3n) is 3.70. The maximum absolute atomic E-state index is 10.8. The fourth-order valence-corrected chi connectivity index (χ4v) is 1.88. The van der Waals surface area contributed by atoms with Crippen LogP contribution in [0.5, 0.6) is 0 Å². The molecule has 0 spiro atoms. The van der Waals surface area contributed by atoms with Gasteiger partial charge in [-0.05, 0) is 39.2 Å². The van der Waals surface area contributed by atoms with Crippen molar-refractivity contribution in [2.75, 3.05) is 5.73 Å². The number of hydrogen-bond donors (Lipinski definition) is 1. The minimum absolute atomic E-state index is 0.0651. The lowest BCUT2D eigenvalue weighted by Crippen LogP contribution is -2.41. The average Bonchev–Trinajstić information content (AvgIpc) is 2.47. The van der Waals surface area contributed by atoms with E-state index < -0.39 is 23.2 Å². The minimum atomic E-state index is -0.646. The number of nitrogens with zero attached hydrogens (tertiary/aromatic N) is 1. The number of nitro benzene ring substituents is 1. The first-order chi connectivity index (χ1) is 8.62. The van der Waals surface area contributed by atoms with Crippen molar-refractivity contribution < 1.29 is 14.2 Å². The second kappa shape index (κ2) is 4.21. The molecule has 0 atom stereocenters. The molecule has 1 aliphatic heterocycles. The Morgan fingerprint density at radius 1 is 1.16 bits per heavy atom. The molecule has 0 bridgehead atoms. The average molecular weight is 264 g/mol. The van der Waals surface area contributed by atoms with Crippen LogP contribution in [-0.2, 0) is 9.31 Å². The highest BCUT2D eigenvalue weighted by atomic mass is 16.7. The summed E-state index contributed by atoms with van der Waals surface area (Å²) in [7, 11) is -0.646. The highest BCUT2D eigenvalue weighted by molar-refractivity contribution is 6.62. The van der Waals surface area contributed by atoms with Crippen LogP contribution >= 0.6 is 0 Å². The van der Waals surface area contributed by atoms with Crippen LogP contribution in [0.1, 0.15) is 27.7 Å². The third kappa shape index (κ3) is 2.43. The molecule has 0 amide bonds. The van der Waals surface area contributed by atoms with Crippen molar-refractivity contribution in [3.8, 4) is 0 Å². The largest absolute Gasteiger partial charge is 0.495 e. The number of benzene rings is 1. The first-order valence-corrected chi connectivity index (χ1v) is 6.03. The molecule has 0 radical (unpaired) electrons. The van der Waals surface area contributed by atoms with Gasteiger partial charge in [-0.2, -0.15) is 0 Å². The van der Waals surface area contributed by atoms with Gasteiger partial charge in [-0.15, -0.1) is 0 Å². The van der Waals surface area contributed by atoms with E-state index in [0.29, 0.717) is 11.2 Å². The van der Waals surface area contributed by atoms with Crippen LogP contribution in [-0.4, -0.2) is 23.2 Å². The Balaban J connectivity index is 2.37. The molecule has 1 heterocycles. The van der Waals surface area contributed by atoms with Gasteiger partial charge in [0.1, 0.15) is 0 Å². The lowest BCUT2D eigenvalue weighted by atomic mass is 9.78. The quantitative estimate of drug-likeness (QED) is 0.378. The maximum atomic E-state index is 10.8. The maximum Gasteiger partial charge on any atom is 0.495 e. The van der Waals surface area contributed by atoms with Gasteiger partial charge in [0.05, 0.1) is 16.1 Å². The molecule has 0 aromatic heterocycles. The van der Waals surface area contributed by atoms with Gasteiger partial charge in [-0.1, -0.05) is 0 Å². The summed E-state index contributed by atoms with van der Waals surface area (Å²) in [5.41, 5.74) is 5.52. The first-order valence-electron chi connectivity index (χ1n) is 6.03. The molecule has 102 valence electrons. The van der Waals surface area contributed by atoms with Crippen LogP contribution in [0.2, 0.25) is 0 Å². The third-order valence-corrected chi connectivity index (χ3v) is 3.70.